The van der Waals surface area contributed by atoms with Crippen molar-refractivity contribution in [2.45, 2.75) is 10.6 Å². The summed E-state index contributed by atoms with van der Waals surface area (Å²) in [6.07, 6.45) is 0. The van der Waals surface area contributed by atoms with Gasteiger partial charge in [-0.1, -0.05) is 12.1 Å². The number of rotatable bonds is 4. The van der Waals surface area contributed by atoms with E-state index in [4.69, 9.17) is 5.73 Å². The molecule has 0 fully saturated rings. The summed E-state index contributed by atoms with van der Waals surface area (Å²) in [6, 6.07) is 14.2. The summed E-state index contributed by atoms with van der Waals surface area (Å²) in [5, 5.41) is 3.10. The first-order valence-corrected chi connectivity index (χ1v) is 8.26. The fourth-order valence-corrected chi connectivity index (χ4v) is 3.56. The Morgan fingerprint density at radius 2 is 1.76 bits per heavy atom. The van der Waals surface area contributed by atoms with Crippen LogP contribution in [0.1, 0.15) is 5.01 Å². The Morgan fingerprint density at radius 1 is 1.05 bits per heavy atom. The van der Waals surface area contributed by atoms with E-state index >= 15 is 0 Å². The van der Waals surface area contributed by atoms with Gasteiger partial charge < -0.3 is 5.73 Å². The van der Waals surface area contributed by atoms with Crippen molar-refractivity contribution in [2.24, 2.45) is 0 Å². The minimum atomic E-state index is -0.209. The maximum Gasteiger partial charge on any atom is 0.123 e. The highest BCUT2D eigenvalue weighted by molar-refractivity contribution is 7.98. The van der Waals surface area contributed by atoms with Crippen LogP contribution in [0.4, 0.5) is 10.1 Å². The molecule has 3 aromatic rings. The molecule has 5 heteroatoms. The summed E-state index contributed by atoms with van der Waals surface area (Å²) in [7, 11) is 0. The molecule has 0 saturated carbocycles. The zero-order valence-corrected chi connectivity index (χ0v) is 12.8. The molecular formula is C16H13FN2S2. The summed E-state index contributed by atoms with van der Waals surface area (Å²) in [4.78, 5) is 5.67. The van der Waals surface area contributed by atoms with Crippen LogP contribution in [0.3, 0.4) is 0 Å². The zero-order chi connectivity index (χ0) is 14.7. The molecule has 0 aliphatic heterocycles. The van der Waals surface area contributed by atoms with Gasteiger partial charge in [-0.25, -0.2) is 9.37 Å². The van der Waals surface area contributed by atoms with E-state index in [9.17, 15) is 4.39 Å². The molecule has 0 saturated heterocycles. The number of hydrogen-bond donors (Lipinski definition) is 1. The number of anilines is 1. The molecule has 106 valence electrons. The SMILES string of the molecule is Nc1ccc(-c2csc(CSc3ccc(F)cc3)n2)cc1. The van der Waals surface area contributed by atoms with Crippen LogP contribution in [0, 0.1) is 5.82 Å². The molecule has 0 amide bonds. The number of nitrogens with zero attached hydrogens (tertiary/aromatic N) is 1. The van der Waals surface area contributed by atoms with Gasteiger partial charge in [-0.05, 0) is 36.4 Å². The van der Waals surface area contributed by atoms with Crippen molar-refractivity contribution in [3.8, 4) is 11.3 Å². The van der Waals surface area contributed by atoms with Crippen LogP contribution < -0.4 is 5.73 Å². The Kier molecular flexibility index (Phi) is 4.22. The van der Waals surface area contributed by atoms with Crippen molar-refractivity contribution in [1.82, 2.24) is 4.98 Å². The number of thioether (sulfide) groups is 1. The molecule has 0 unspecified atom stereocenters. The quantitative estimate of drug-likeness (QED) is 0.554. The highest BCUT2D eigenvalue weighted by Gasteiger charge is 2.05. The number of benzene rings is 2. The van der Waals surface area contributed by atoms with Gasteiger partial charge in [-0.15, -0.1) is 23.1 Å². The second-order valence-electron chi connectivity index (χ2n) is 4.49. The summed E-state index contributed by atoms with van der Waals surface area (Å²) < 4.78 is 12.8. The minimum absolute atomic E-state index is 0.209. The van der Waals surface area contributed by atoms with Gasteiger partial charge in [0.1, 0.15) is 10.8 Å². The van der Waals surface area contributed by atoms with Gasteiger partial charge in [0.2, 0.25) is 0 Å². The van der Waals surface area contributed by atoms with E-state index in [2.05, 4.69) is 4.98 Å². The molecule has 0 aliphatic rings. The number of thiazole rings is 1. The molecule has 1 aromatic heterocycles. The molecular weight excluding hydrogens is 303 g/mol. The number of halogens is 1. The van der Waals surface area contributed by atoms with Gasteiger partial charge in [0.15, 0.2) is 0 Å². The van der Waals surface area contributed by atoms with E-state index in [1.54, 1.807) is 35.2 Å². The molecule has 2 nitrogen and oxygen atoms in total. The monoisotopic (exact) mass is 316 g/mol. The van der Waals surface area contributed by atoms with Crippen molar-refractivity contribution in [3.63, 3.8) is 0 Å². The lowest BCUT2D eigenvalue weighted by molar-refractivity contribution is 0.626. The third-order valence-corrected chi connectivity index (χ3v) is 4.99. The molecule has 0 atom stereocenters. The molecule has 1 heterocycles. The largest absolute Gasteiger partial charge is 0.399 e. The van der Waals surface area contributed by atoms with Gasteiger partial charge in [-0.3, -0.25) is 0 Å². The Morgan fingerprint density at radius 3 is 2.48 bits per heavy atom. The number of hydrogen-bond acceptors (Lipinski definition) is 4. The fraction of sp³-hybridized carbons (Fsp3) is 0.0625. The van der Waals surface area contributed by atoms with Crippen molar-refractivity contribution >= 4 is 28.8 Å². The molecule has 0 bridgehead atoms. The van der Waals surface area contributed by atoms with Crippen LogP contribution in [0.5, 0.6) is 0 Å². The Labute approximate surface area is 130 Å². The molecule has 0 spiro atoms. The second-order valence-corrected chi connectivity index (χ2v) is 6.48. The van der Waals surface area contributed by atoms with Crippen LogP contribution >= 0.6 is 23.1 Å². The van der Waals surface area contributed by atoms with Crippen LogP contribution in [0.25, 0.3) is 11.3 Å². The van der Waals surface area contributed by atoms with Gasteiger partial charge in [-0.2, -0.15) is 0 Å². The lowest BCUT2D eigenvalue weighted by atomic mass is 10.1. The number of nitrogen functional groups attached to an aromatic ring is 1. The van der Waals surface area contributed by atoms with E-state index in [0.29, 0.717) is 0 Å². The first kappa shape index (κ1) is 14.1. The molecule has 0 radical (unpaired) electrons. The van der Waals surface area contributed by atoms with E-state index in [-0.39, 0.29) is 5.82 Å². The Bertz CT molecular complexity index is 721. The second kappa shape index (κ2) is 6.28. The van der Waals surface area contributed by atoms with Crippen molar-refractivity contribution in [3.05, 3.63) is 64.7 Å². The van der Waals surface area contributed by atoms with Crippen LogP contribution in [-0.4, -0.2) is 4.98 Å². The molecule has 3 rings (SSSR count). The Balaban J connectivity index is 1.67. The molecule has 21 heavy (non-hydrogen) atoms. The molecule has 2 aromatic carbocycles. The van der Waals surface area contributed by atoms with Crippen LogP contribution in [0.2, 0.25) is 0 Å². The van der Waals surface area contributed by atoms with Gasteiger partial charge in [0, 0.05) is 21.5 Å². The van der Waals surface area contributed by atoms with Gasteiger partial charge in [0.05, 0.1) is 11.4 Å². The maximum absolute atomic E-state index is 12.8. The lowest BCUT2D eigenvalue weighted by Crippen LogP contribution is -1.85. The third-order valence-electron chi connectivity index (χ3n) is 2.93. The highest BCUT2D eigenvalue weighted by Crippen LogP contribution is 2.28. The van der Waals surface area contributed by atoms with E-state index in [1.807, 2.05) is 29.6 Å². The topological polar surface area (TPSA) is 38.9 Å². The normalized spacial score (nSPS) is 10.7. The summed E-state index contributed by atoms with van der Waals surface area (Å²) in [5.74, 6) is 0.574. The standard InChI is InChI=1S/C16H13FN2S2/c17-12-3-7-14(8-4-12)20-10-16-19-15(9-21-16)11-1-5-13(18)6-2-11/h1-9H,10,18H2. The number of aromatic nitrogens is 1. The summed E-state index contributed by atoms with van der Waals surface area (Å²) in [6.45, 7) is 0. The van der Waals surface area contributed by atoms with E-state index in [0.717, 1.165) is 32.6 Å². The van der Waals surface area contributed by atoms with Crippen molar-refractivity contribution in [1.29, 1.82) is 0 Å². The zero-order valence-electron chi connectivity index (χ0n) is 11.1. The minimum Gasteiger partial charge on any atom is -0.399 e. The average Bonchev–Trinajstić information content (AvgIpc) is 2.96. The summed E-state index contributed by atoms with van der Waals surface area (Å²) in [5.41, 5.74) is 8.47. The molecule has 0 aliphatic carbocycles. The third kappa shape index (κ3) is 3.62. The molecule has 2 N–H and O–H groups in total. The van der Waals surface area contributed by atoms with Crippen molar-refractivity contribution < 1.29 is 4.39 Å². The lowest BCUT2D eigenvalue weighted by Gasteiger charge is -1.99. The summed E-state index contributed by atoms with van der Waals surface area (Å²) >= 11 is 3.29. The van der Waals surface area contributed by atoms with E-state index < -0.39 is 0 Å². The van der Waals surface area contributed by atoms with Crippen molar-refractivity contribution in [2.75, 3.05) is 5.73 Å². The average molecular weight is 316 g/mol. The fourth-order valence-electron chi connectivity index (χ4n) is 1.84. The smallest absolute Gasteiger partial charge is 0.123 e. The van der Waals surface area contributed by atoms with Gasteiger partial charge in [0.25, 0.3) is 0 Å². The predicted octanol–water partition coefficient (Wildman–Crippen LogP) is 4.82. The van der Waals surface area contributed by atoms with E-state index in [1.165, 1.54) is 12.1 Å². The Hall–Kier alpha value is -1.85. The number of nitrogens with two attached hydrogens (primary N) is 1. The first-order valence-electron chi connectivity index (χ1n) is 6.39. The van der Waals surface area contributed by atoms with Crippen LogP contribution in [0.15, 0.2) is 58.8 Å². The maximum atomic E-state index is 12.8. The highest BCUT2D eigenvalue weighted by atomic mass is 32.2. The first-order chi connectivity index (χ1) is 10.2. The van der Waals surface area contributed by atoms with Gasteiger partial charge >= 0.3 is 0 Å². The predicted molar refractivity (Wildman–Crippen MR) is 87.9 cm³/mol. The van der Waals surface area contributed by atoms with Crippen LogP contribution in [-0.2, 0) is 5.75 Å².